The Bertz CT molecular complexity index is 731. The van der Waals surface area contributed by atoms with Gasteiger partial charge in [0.25, 0.3) is 0 Å². The maximum atomic E-state index is 10.8. The predicted octanol–water partition coefficient (Wildman–Crippen LogP) is 6.73. The third kappa shape index (κ3) is 5.04. The summed E-state index contributed by atoms with van der Waals surface area (Å²) in [5.41, 5.74) is 3.00. The van der Waals surface area contributed by atoms with Crippen molar-refractivity contribution in [1.29, 1.82) is 0 Å². The van der Waals surface area contributed by atoms with Crippen molar-refractivity contribution in [2.75, 3.05) is 6.61 Å². The van der Waals surface area contributed by atoms with Crippen molar-refractivity contribution in [1.82, 2.24) is 0 Å². The van der Waals surface area contributed by atoms with E-state index >= 15 is 0 Å². The molecule has 0 saturated heterocycles. The number of aliphatic hydroxyl groups is 2. The summed E-state index contributed by atoms with van der Waals surface area (Å²) in [5.74, 6) is 3.09. The lowest BCUT2D eigenvalue weighted by atomic mass is 9.52. The van der Waals surface area contributed by atoms with Gasteiger partial charge in [-0.1, -0.05) is 64.4 Å². The topological polar surface area (TPSA) is 60.7 Å². The highest BCUT2D eigenvalue weighted by Gasteiger charge is 2.56. The van der Waals surface area contributed by atoms with Crippen LogP contribution in [0, 0.1) is 23.2 Å². The molecular weight excluding hydrogens is 396 g/mol. The number of unbranched alkanes of at least 4 members (excludes halogenated alkanes) is 8. The molecule has 3 aliphatic carbocycles. The van der Waals surface area contributed by atoms with Gasteiger partial charge in [0.15, 0.2) is 0 Å². The molecular formula is C29H46O3. The summed E-state index contributed by atoms with van der Waals surface area (Å²) in [6, 6.07) is 6.12. The maximum absolute atomic E-state index is 10.8. The summed E-state index contributed by atoms with van der Waals surface area (Å²) in [4.78, 5) is 0. The second-order valence-corrected chi connectivity index (χ2v) is 11.5. The molecule has 0 amide bonds. The molecule has 3 heteroatoms. The fourth-order valence-corrected chi connectivity index (χ4v) is 7.79. The van der Waals surface area contributed by atoms with Crippen molar-refractivity contribution in [2.45, 2.75) is 115 Å². The lowest BCUT2D eigenvalue weighted by Crippen LogP contribution is -2.47. The summed E-state index contributed by atoms with van der Waals surface area (Å²) >= 11 is 0. The molecule has 32 heavy (non-hydrogen) atoms. The van der Waals surface area contributed by atoms with E-state index in [0.717, 1.165) is 25.7 Å². The second kappa shape index (κ2) is 10.9. The van der Waals surface area contributed by atoms with Crippen LogP contribution in [0.1, 0.15) is 114 Å². The van der Waals surface area contributed by atoms with Gasteiger partial charge in [0, 0.05) is 6.61 Å². The van der Waals surface area contributed by atoms with Gasteiger partial charge in [-0.15, -0.1) is 0 Å². The van der Waals surface area contributed by atoms with E-state index in [-0.39, 0.29) is 11.5 Å². The van der Waals surface area contributed by atoms with E-state index in [0.29, 0.717) is 36.0 Å². The largest absolute Gasteiger partial charge is 0.508 e. The minimum absolute atomic E-state index is 0.115. The Morgan fingerprint density at radius 1 is 0.906 bits per heavy atom. The SMILES string of the molecule is C[C@]12CC[C@@H]3c4ccc(O)cc4C[C@@H](CCCCCCCCCCCO)[C@H]3[C@@H]1CC[C@@H]2O. The van der Waals surface area contributed by atoms with Crippen molar-refractivity contribution < 1.29 is 15.3 Å². The van der Waals surface area contributed by atoms with Crippen LogP contribution < -0.4 is 0 Å². The molecule has 0 aromatic heterocycles. The number of phenols is 1. The first kappa shape index (κ1) is 24.1. The number of benzene rings is 1. The summed E-state index contributed by atoms with van der Waals surface area (Å²) in [5, 5.41) is 29.8. The summed E-state index contributed by atoms with van der Waals surface area (Å²) < 4.78 is 0. The standard InChI is InChI=1S/C29H46O3/c1-29-17-16-25-24-13-12-23(31)20-22(24)19-21(28(25)26(29)14-15-27(29)32)11-9-7-5-3-2-4-6-8-10-18-30/h12-13,20-21,25-28,30-32H,2-11,14-19H2,1H3/t21-,25-,26+,27+,28-,29+/m1/s1. The van der Waals surface area contributed by atoms with Gasteiger partial charge in [-0.3, -0.25) is 0 Å². The van der Waals surface area contributed by atoms with Crippen LogP contribution in [0.25, 0.3) is 0 Å². The predicted molar refractivity (Wildman–Crippen MR) is 131 cm³/mol. The minimum atomic E-state index is -0.118. The van der Waals surface area contributed by atoms with Crippen molar-refractivity contribution in [3.63, 3.8) is 0 Å². The molecule has 4 rings (SSSR count). The molecule has 3 N–H and O–H groups in total. The number of aliphatic hydroxyl groups excluding tert-OH is 2. The Morgan fingerprint density at radius 2 is 1.59 bits per heavy atom. The van der Waals surface area contributed by atoms with Gasteiger partial charge < -0.3 is 15.3 Å². The number of fused-ring (bicyclic) bond motifs is 5. The first-order valence-electron chi connectivity index (χ1n) is 13.7. The lowest BCUT2D eigenvalue weighted by Gasteiger charge is -2.53. The highest BCUT2D eigenvalue weighted by molar-refractivity contribution is 5.40. The van der Waals surface area contributed by atoms with Gasteiger partial charge in [-0.05, 0) is 97.3 Å². The van der Waals surface area contributed by atoms with Crippen LogP contribution in [0.4, 0.5) is 0 Å². The lowest BCUT2D eigenvalue weighted by molar-refractivity contribution is -0.0396. The molecule has 0 aliphatic heterocycles. The average Bonchev–Trinajstić information content (AvgIpc) is 3.09. The van der Waals surface area contributed by atoms with Crippen LogP contribution in [-0.2, 0) is 6.42 Å². The highest BCUT2D eigenvalue weighted by Crippen LogP contribution is 2.62. The first-order chi connectivity index (χ1) is 15.5. The molecule has 180 valence electrons. The second-order valence-electron chi connectivity index (χ2n) is 11.5. The molecule has 6 atom stereocenters. The van der Waals surface area contributed by atoms with Crippen LogP contribution in [0.15, 0.2) is 18.2 Å². The van der Waals surface area contributed by atoms with E-state index < -0.39 is 0 Å². The fraction of sp³-hybridized carbons (Fsp3) is 0.793. The monoisotopic (exact) mass is 442 g/mol. The molecule has 0 bridgehead atoms. The normalized spacial score (nSPS) is 33.5. The van der Waals surface area contributed by atoms with Crippen LogP contribution in [0.5, 0.6) is 5.75 Å². The van der Waals surface area contributed by atoms with Gasteiger partial charge in [-0.2, -0.15) is 0 Å². The fourth-order valence-electron chi connectivity index (χ4n) is 7.79. The Morgan fingerprint density at radius 3 is 2.31 bits per heavy atom. The van der Waals surface area contributed by atoms with Gasteiger partial charge in [0.1, 0.15) is 5.75 Å². The third-order valence-corrected chi connectivity index (χ3v) is 9.57. The van der Waals surface area contributed by atoms with Gasteiger partial charge in [0.2, 0.25) is 0 Å². The van der Waals surface area contributed by atoms with E-state index in [1.54, 1.807) is 0 Å². The summed E-state index contributed by atoms with van der Waals surface area (Å²) in [6.07, 6.45) is 18.2. The maximum Gasteiger partial charge on any atom is 0.115 e. The summed E-state index contributed by atoms with van der Waals surface area (Å²) in [6.45, 7) is 2.71. The van der Waals surface area contributed by atoms with Crippen LogP contribution in [0.2, 0.25) is 0 Å². The number of hydrogen-bond donors (Lipinski definition) is 3. The smallest absolute Gasteiger partial charge is 0.115 e. The average molecular weight is 443 g/mol. The Hall–Kier alpha value is -1.06. The number of aromatic hydroxyl groups is 1. The van der Waals surface area contributed by atoms with Gasteiger partial charge >= 0.3 is 0 Å². The van der Waals surface area contributed by atoms with Crippen LogP contribution in [-0.4, -0.2) is 28.0 Å². The summed E-state index contributed by atoms with van der Waals surface area (Å²) in [7, 11) is 0. The Labute approximate surface area is 195 Å². The van der Waals surface area contributed by atoms with E-state index in [4.69, 9.17) is 5.11 Å². The number of hydrogen-bond acceptors (Lipinski definition) is 3. The van der Waals surface area contributed by atoms with E-state index in [1.165, 1.54) is 81.8 Å². The Balaban J connectivity index is 1.34. The van der Waals surface area contributed by atoms with E-state index in [9.17, 15) is 10.2 Å². The van der Waals surface area contributed by atoms with Crippen molar-refractivity contribution >= 4 is 0 Å². The third-order valence-electron chi connectivity index (χ3n) is 9.57. The molecule has 2 saturated carbocycles. The molecule has 3 nitrogen and oxygen atoms in total. The highest BCUT2D eigenvalue weighted by atomic mass is 16.3. The van der Waals surface area contributed by atoms with E-state index in [1.807, 2.05) is 12.1 Å². The first-order valence-corrected chi connectivity index (χ1v) is 13.7. The number of phenolic OH excluding ortho intramolecular Hbond substituents is 1. The molecule has 0 spiro atoms. The molecule has 0 radical (unpaired) electrons. The zero-order valence-corrected chi connectivity index (χ0v) is 20.3. The minimum Gasteiger partial charge on any atom is -0.508 e. The molecule has 2 fully saturated rings. The van der Waals surface area contributed by atoms with Gasteiger partial charge in [0.05, 0.1) is 6.10 Å². The van der Waals surface area contributed by atoms with Gasteiger partial charge in [-0.25, -0.2) is 0 Å². The molecule has 3 aliphatic rings. The molecule has 0 unspecified atom stereocenters. The quantitative estimate of drug-likeness (QED) is 0.333. The number of rotatable bonds is 11. The van der Waals surface area contributed by atoms with Crippen LogP contribution in [0.3, 0.4) is 0 Å². The zero-order valence-electron chi connectivity index (χ0n) is 20.3. The molecule has 0 heterocycles. The molecule has 1 aromatic carbocycles. The van der Waals surface area contributed by atoms with Crippen molar-refractivity contribution in [3.05, 3.63) is 29.3 Å². The Kier molecular flexibility index (Phi) is 8.21. The van der Waals surface area contributed by atoms with Crippen LogP contribution >= 0.6 is 0 Å². The van der Waals surface area contributed by atoms with Crippen molar-refractivity contribution in [3.8, 4) is 5.75 Å². The zero-order chi connectivity index (χ0) is 22.6. The van der Waals surface area contributed by atoms with E-state index in [2.05, 4.69) is 13.0 Å². The molecule has 1 aromatic rings. The van der Waals surface area contributed by atoms with Crippen molar-refractivity contribution in [2.24, 2.45) is 23.2 Å².